The highest BCUT2D eigenvalue weighted by Crippen LogP contribution is 2.22. The number of ether oxygens (including phenoxy) is 1. The van der Waals surface area contributed by atoms with E-state index < -0.39 is 6.10 Å². The number of likely N-dealkylation sites (tertiary alicyclic amines) is 1. The molecular weight excluding hydrogens is 314 g/mol. The van der Waals surface area contributed by atoms with Gasteiger partial charge in [-0.1, -0.05) is 48.9 Å². The van der Waals surface area contributed by atoms with E-state index in [2.05, 4.69) is 4.90 Å². The SMILES string of the molecule is O=C(c1ccccc1)c1ccccc1OCC(O)CN1CCCCC1. The summed E-state index contributed by atoms with van der Waals surface area (Å²) in [5, 5.41) is 10.3. The monoisotopic (exact) mass is 339 g/mol. The Balaban J connectivity index is 1.62. The minimum absolute atomic E-state index is 0.0679. The Labute approximate surface area is 149 Å². The van der Waals surface area contributed by atoms with Crippen LogP contribution in [0.1, 0.15) is 35.2 Å². The first-order valence-corrected chi connectivity index (χ1v) is 8.96. The Morgan fingerprint density at radius 3 is 2.44 bits per heavy atom. The van der Waals surface area contributed by atoms with Crippen LogP contribution in [0, 0.1) is 0 Å². The van der Waals surface area contributed by atoms with Crippen LogP contribution < -0.4 is 4.74 Å². The number of rotatable bonds is 7. The molecule has 1 fully saturated rings. The molecule has 0 aromatic heterocycles. The summed E-state index contributed by atoms with van der Waals surface area (Å²) in [5.41, 5.74) is 1.16. The molecule has 4 heteroatoms. The van der Waals surface area contributed by atoms with Crippen LogP contribution in [0.25, 0.3) is 0 Å². The largest absolute Gasteiger partial charge is 0.490 e. The minimum Gasteiger partial charge on any atom is -0.490 e. The van der Waals surface area contributed by atoms with E-state index in [0.29, 0.717) is 23.4 Å². The maximum absolute atomic E-state index is 12.7. The lowest BCUT2D eigenvalue weighted by Gasteiger charge is -2.28. The quantitative estimate of drug-likeness (QED) is 0.788. The summed E-state index contributed by atoms with van der Waals surface area (Å²) < 4.78 is 5.79. The van der Waals surface area contributed by atoms with Crippen molar-refractivity contribution in [2.75, 3.05) is 26.2 Å². The molecule has 0 spiro atoms. The van der Waals surface area contributed by atoms with E-state index in [1.165, 1.54) is 19.3 Å². The van der Waals surface area contributed by atoms with Gasteiger partial charge in [0.25, 0.3) is 0 Å². The number of aliphatic hydroxyl groups excluding tert-OH is 1. The molecule has 0 radical (unpaired) electrons. The van der Waals surface area contributed by atoms with Crippen molar-refractivity contribution in [1.29, 1.82) is 0 Å². The van der Waals surface area contributed by atoms with Gasteiger partial charge < -0.3 is 14.7 Å². The molecule has 0 amide bonds. The number of piperidine rings is 1. The summed E-state index contributed by atoms with van der Waals surface area (Å²) in [7, 11) is 0. The molecule has 1 aliphatic rings. The van der Waals surface area contributed by atoms with E-state index in [1.54, 1.807) is 24.3 Å². The normalized spacial score (nSPS) is 16.4. The van der Waals surface area contributed by atoms with Crippen molar-refractivity contribution in [3.8, 4) is 5.75 Å². The third kappa shape index (κ3) is 4.91. The van der Waals surface area contributed by atoms with Crippen molar-refractivity contribution in [2.24, 2.45) is 0 Å². The van der Waals surface area contributed by atoms with Gasteiger partial charge in [-0.05, 0) is 38.1 Å². The van der Waals surface area contributed by atoms with Gasteiger partial charge in [-0.3, -0.25) is 4.79 Å². The maximum atomic E-state index is 12.7. The van der Waals surface area contributed by atoms with Crippen LogP contribution in [0.4, 0.5) is 0 Å². The molecule has 1 atom stereocenters. The van der Waals surface area contributed by atoms with Gasteiger partial charge in [0.15, 0.2) is 5.78 Å². The van der Waals surface area contributed by atoms with Gasteiger partial charge in [-0.15, -0.1) is 0 Å². The van der Waals surface area contributed by atoms with Crippen molar-refractivity contribution >= 4 is 5.78 Å². The van der Waals surface area contributed by atoms with E-state index in [9.17, 15) is 9.90 Å². The molecule has 132 valence electrons. The van der Waals surface area contributed by atoms with Gasteiger partial charge in [0.1, 0.15) is 18.5 Å². The number of ketones is 1. The van der Waals surface area contributed by atoms with Crippen molar-refractivity contribution in [2.45, 2.75) is 25.4 Å². The number of hydrogen-bond acceptors (Lipinski definition) is 4. The van der Waals surface area contributed by atoms with Crippen molar-refractivity contribution < 1.29 is 14.6 Å². The summed E-state index contributed by atoms with van der Waals surface area (Å²) in [6, 6.07) is 16.4. The number of carbonyl (C=O) groups is 1. The standard InChI is InChI=1S/C21H25NO3/c23-18(15-22-13-7-2-8-14-22)16-25-20-12-6-5-11-19(20)21(24)17-9-3-1-4-10-17/h1,3-6,9-12,18,23H,2,7-8,13-16H2. The van der Waals surface area contributed by atoms with Crippen LogP contribution in [0.5, 0.6) is 5.75 Å². The second-order valence-electron chi connectivity index (χ2n) is 6.52. The highest BCUT2D eigenvalue weighted by atomic mass is 16.5. The van der Waals surface area contributed by atoms with Crippen LogP contribution in [0.2, 0.25) is 0 Å². The molecule has 3 rings (SSSR count). The molecule has 25 heavy (non-hydrogen) atoms. The van der Waals surface area contributed by atoms with Crippen LogP contribution >= 0.6 is 0 Å². The van der Waals surface area contributed by atoms with Gasteiger partial charge in [-0.2, -0.15) is 0 Å². The number of hydrogen-bond donors (Lipinski definition) is 1. The van der Waals surface area contributed by atoms with Crippen LogP contribution in [0.3, 0.4) is 0 Å². The second-order valence-corrected chi connectivity index (χ2v) is 6.52. The van der Waals surface area contributed by atoms with Crippen molar-refractivity contribution in [3.63, 3.8) is 0 Å². The Morgan fingerprint density at radius 2 is 1.68 bits per heavy atom. The number of β-amino-alcohol motifs (C(OH)–C–C–N with tert-alkyl or cyclic N) is 1. The number of nitrogens with zero attached hydrogens (tertiary/aromatic N) is 1. The molecule has 1 aliphatic heterocycles. The van der Waals surface area contributed by atoms with Gasteiger partial charge >= 0.3 is 0 Å². The van der Waals surface area contributed by atoms with Crippen LogP contribution in [-0.4, -0.2) is 48.1 Å². The molecule has 2 aromatic rings. The molecule has 1 N–H and O–H groups in total. The number of carbonyl (C=O) groups excluding carboxylic acids is 1. The lowest BCUT2D eigenvalue weighted by Crippen LogP contribution is -2.38. The molecule has 4 nitrogen and oxygen atoms in total. The topological polar surface area (TPSA) is 49.8 Å². The molecular formula is C21H25NO3. The number of benzene rings is 2. The average molecular weight is 339 g/mol. The van der Waals surface area contributed by atoms with Gasteiger partial charge in [0.2, 0.25) is 0 Å². The zero-order chi connectivity index (χ0) is 17.5. The predicted octanol–water partition coefficient (Wildman–Crippen LogP) is 3.14. The molecule has 1 unspecified atom stereocenters. The highest BCUT2D eigenvalue weighted by Gasteiger charge is 2.17. The second kappa shape index (κ2) is 8.79. The fourth-order valence-corrected chi connectivity index (χ4v) is 3.20. The summed E-state index contributed by atoms with van der Waals surface area (Å²) >= 11 is 0. The van der Waals surface area contributed by atoms with E-state index in [-0.39, 0.29) is 12.4 Å². The molecule has 0 saturated carbocycles. The Bertz CT molecular complexity index is 681. The van der Waals surface area contributed by atoms with Gasteiger partial charge in [0, 0.05) is 12.1 Å². The molecule has 0 aliphatic carbocycles. The molecule has 1 heterocycles. The summed E-state index contributed by atoms with van der Waals surface area (Å²) in [4.78, 5) is 15.0. The van der Waals surface area contributed by atoms with Crippen LogP contribution in [-0.2, 0) is 0 Å². The first kappa shape index (κ1) is 17.6. The van der Waals surface area contributed by atoms with Crippen molar-refractivity contribution in [3.05, 3.63) is 65.7 Å². The molecule has 1 saturated heterocycles. The van der Waals surface area contributed by atoms with Gasteiger partial charge in [-0.25, -0.2) is 0 Å². The van der Waals surface area contributed by atoms with Crippen molar-refractivity contribution in [1.82, 2.24) is 4.90 Å². The first-order chi connectivity index (χ1) is 12.2. The Kier molecular flexibility index (Phi) is 6.20. The summed E-state index contributed by atoms with van der Waals surface area (Å²) in [5.74, 6) is 0.454. The lowest BCUT2D eigenvalue weighted by atomic mass is 10.0. The zero-order valence-electron chi connectivity index (χ0n) is 14.4. The van der Waals surface area contributed by atoms with Crippen LogP contribution in [0.15, 0.2) is 54.6 Å². The lowest BCUT2D eigenvalue weighted by molar-refractivity contribution is 0.0612. The molecule has 2 aromatic carbocycles. The maximum Gasteiger partial charge on any atom is 0.196 e. The van der Waals surface area contributed by atoms with E-state index in [4.69, 9.17) is 4.74 Å². The minimum atomic E-state index is -0.557. The average Bonchev–Trinajstić information content (AvgIpc) is 2.67. The molecule has 0 bridgehead atoms. The third-order valence-corrected chi connectivity index (χ3v) is 4.52. The van der Waals surface area contributed by atoms with E-state index >= 15 is 0 Å². The van der Waals surface area contributed by atoms with Gasteiger partial charge in [0.05, 0.1) is 5.56 Å². The predicted molar refractivity (Wildman–Crippen MR) is 98.1 cm³/mol. The smallest absolute Gasteiger partial charge is 0.196 e. The van der Waals surface area contributed by atoms with E-state index in [1.807, 2.05) is 30.3 Å². The summed E-state index contributed by atoms with van der Waals surface area (Å²) in [6.45, 7) is 2.89. The Hall–Kier alpha value is -2.17. The highest BCUT2D eigenvalue weighted by molar-refractivity contribution is 6.10. The first-order valence-electron chi connectivity index (χ1n) is 8.96. The zero-order valence-corrected chi connectivity index (χ0v) is 14.4. The van der Waals surface area contributed by atoms with E-state index in [0.717, 1.165) is 13.1 Å². The summed E-state index contributed by atoms with van der Waals surface area (Å²) in [6.07, 6.45) is 3.11. The number of aliphatic hydroxyl groups is 1. The fraction of sp³-hybridized carbons (Fsp3) is 0.381. The fourth-order valence-electron chi connectivity index (χ4n) is 3.20. The number of para-hydroxylation sites is 1. The Morgan fingerprint density at radius 1 is 1.00 bits per heavy atom. The third-order valence-electron chi connectivity index (χ3n) is 4.52.